The van der Waals surface area contributed by atoms with E-state index in [1.807, 2.05) is 19.1 Å². The van der Waals surface area contributed by atoms with Crippen LogP contribution in [0.3, 0.4) is 0 Å². The average molecular weight is 317 g/mol. The van der Waals surface area contributed by atoms with Crippen LogP contribution in [0.25, 0.3) is 0 Å². The van der Waals surface area contributed by atoms with Gasteiger partial charge in [0.2, 0.25) is 0 Å². The minimum absolute atomic E-state index is 0.0670. The van der Waals surface area contributed by atoms with Crippen LogP contribution in [-0.2, 0) is 16.8 Å². The second-order valence-electron chi connectivity index (χ2n) is 6.60. The molecular weight excluding hydrogens is 294 g/mol. The molecule has 1 aromatic carbocycles. The van der Waals surface area contributed by atoms with Gasteiger partial charge < -0.3 is 15.2 Å². The summed E-state index contributed by atoms with van der Waals surface area (Å²) in [5.41, 5.74) is 2.56. The van der Waals surface area contributed by atoms with Crippen molar-refractivity contribution >= 4 is 5.91 Å². The fourth-order valence-electron chi connectivity index (χ4n) is 2.21. The number of aromatic amines is 2. The minimum Gasteiger partial charge on any atom is -0.483 e. The lowest BCUT2D eigenvalue weighted by molar-refractivity contribution is -0.123. The Morgan fingerprint density at radius 1 is 1.22 bits per heavy atom. The van der Waals surface area contributed by atoms with Gasteiger partial charge in [-0.15, -0.1) is 0 Å². The first kappa shape index (κ1) is 16.9. The van der Waals surface area contributed by atoms with E-state index in [-0.39, 0.29) is 30.0 Å². The molecule has 1 heterocycles. The summed E-state index contributed by atoms with van der Waals surface area (Å²) in [4.78, 5) is 22.9. The largest absolute Gasteiger partial charge is 0.483 e. The molecule has 0 saturated carbocycles. The first-order chi connectivity index (χ1) is 10.8. The zero-order valence-corrected chi connectivity index (χ0v) is 13.9. The summed E-state index contributed by atoms with van der Waals surface area (Å²) < 4.78 is 5.68. The third kappa shape index (κ3) is 4.74. The molecule has 0 spiro atoms. The number of aromatic nitrogens is 2. The molecule has 6 nitrogen and oxygen atoms in total. The fraction of sp³-hybridized carbons (Fsp3) is 0.412. The Labute approximate surface area is 135 Å². The Kier molecular flexibility index (Phi) is 4.93. The molecule has 0 aliphatic heterocycles. The van der Waals surface area contributed by atoms with Crippen LogP contribution < -0.4 is 15.6 Å². The van der Waals surface area contributed by atoms with Gasteiger partial charge in [0, 0.05) is 6.07 Å². The molecule has 3 N–H and O–H groups in total. The van der Waals surface area contributed by atoms with Crippen LogP contribution in [-0.4, -0.2) is 22.7 Å². The van der Waals surface area contributed by atoms with E-state index in [0.717, 1.165) is 11.1 Å². The summed E-state index contributed by atoms with van der Waals surface area (Å²) in [5.74, 6) is 0.473. The maximum absolute atomic E-state index is 11.9. The zero-order valence-electron chi connectivity index (χ0n) is 13.9. The van der Waals surface area contributed by atoms with Crippen LogP contribution in [0.5, 0.6) is 5.75 Å². The van der Waals surface area contributed by atoms with Gasteiger partial charge in [-0.3, -0.25) is 14.7 Å². The van der Waals surface area contributed by atoms with Crippen molar-refractivity contribution in [3.05, 3.63) is 51.4 Å². The van der Waals surface area contributed by atoms with E-state index in [0.29, 0.717) is 11.4 Å². The molecule has 2 rings (SSSR count). The van der Waals surface area contributed by atoms with E-state index >= 15 is 0 Å². The van der Waals surface area contributed by atoms with Crippen molar-refractivity contribution in [2.45, 2.75) is 39.7 Å². The average Bonchev–Trinajstić information content (AvgIpc) is 2.88. The van der Waals surface area contributed by atoms with Crippen molar-refractivity contribution < 1.29 is 9.53 Å². The highest BCUT2D eigenvalue weighted by atomic mass is 16.5. The van der Waals surface area contributed by atoms with Gasteiger partial charge in [-0.2, -0.15) is 0 Å². The summed E-state index contributed by atoms with van der Waals surface area (Å²) >= 11 is 0. The Morgan fingerprint density at radius 3 is 2.57 bits per heavy atom. The van der Waals surface area contributed by atoms with Gasteiger partial charge in [-0.05, 0) is 24.0 Å². The predicted molar refractivity (Wildman–Crippen MR) is 88.6 cm³/mol. The zero-order chi connectivity index (χ0) is 17.0. The predicted octanol–water partition coefficient (Wildman–Crippen LogP) is 2.00. The second kappa shape index (κ2) is 6.73. The fourth-order valence-corrected chi connectivity index (χ4v) is 2.21. The Balaban J connectivity index is 1.95. The van der Waals surface area contributed by atoms with Gasteiger partial charge in [-0.25, -0.2) is 0 Å². The van der Waals surface area contributed by atoms with Crippen molar-refractivity contribution in [3.8, 4) is 5.75 Å². The van der Waals surface area contributed by atoms with Gasteiger partial charge in [0.05, 0.1) is 12.2 Å². The number of aryl methyl sites for hydroxylation is 1. The van der Waals surface area contributed by atoms with Crippen molar-refractivity contribution in [2.24, 2.45) is 0 Å². The highest BCUT2D eigenvalue weighted by molar-refractivity contribution is 5.77. The summed E-state index contributed by atoms with van der Waals surface area (Å²) in [7, 11) is 0. The highest BCUT2D eigenvalue weighted by Crippen LogP contribution is 2.32. The monoisotopic (exact) mass is 317 g/mol. The van der Waals surface area contributed by atoms with Gasteiger partial charge in [-0.1, -0.05) is 38.5 Å². The molecule has 0 fully saturated rings. The third-order valence-electron chi connectivity index (χ3n) is 3.43. The maximum atomic E-state index is 11.9. The van der Waals surface area contributed by atoms with Gasteiger partial charge in [0.15, 0.2) is 6.61 Å². The Hall–Kier alpha value is -2.50. The third-order valence-corrected chi connectivity index (χ3v) is 3.43. The molecule has 0 bridgehead atoms. The number of carbonyl (C=O) groups excluding carboxylic acids is 1. The van der Waals surface area contributed by atoms with E-state index in [4.69, 9.17) is 4.74 Å². The molecule has 0 radical (unpaired) electrons. The number of hydrogen-bond acceptors (Lipinski definition) is 3. The molecule has 1 amide bonds. The lowest BCUT2D eigenvalue weighted by Gasteiger charge is -2.23. The summed E-state index contributed by atoms with van der Waals surface area (Å²) in [6, 6.07) is 7.34. The molecule has 1 aromatic heterocycles. The van der Waals surface area contributed by atoms with Crippen molar-refractivity contribution in [1.82, 2.24) is 15.5 Å². The number of H-pyrrole nitrogens is 2. The van der Waals surface area contributed by atoms with Gasteiger partial charge in [0.25, 0.3) is 11.5 Å². The molecule has 124 valence electrons. The number of amides is 1. The summed E-state index contributed by atoms with van der Waals surface area (Å²) in [6.45, 7) is 8.54. The topological polar surface area (TPSA) is 87.0 Å². The normalized spacial score (nSPS) is 11.3. The Bertz CT molecular complexity index is 738. The van der Waals surface area contributed by atoms with Crippen LogP contribution in [0, 0.1) is 6.92 Å². The maximum Gasteiger partial charge on any atom is 0.264 e. The summed E-state index contributed by atoms with van der Waals surface area (Å²) in [6.07, 6.45) is 0. The van der Waals surface area contributed by atoms with Gasteiger partial charge in [0.1, 0.15) is 5.75 Å². The lowest BCUT2D eigenvalue weighted by Crippen LogP contribution is -2.29. The van der Waals surface area contributed by atoms with Crippen LogP contribution >= 0.6 is 0 Å². The van der Waals surface area contributed by atoms with Crippen LogP contribution in [0.15, 0.2) is 29.1 Å². The van der Waals surface area contributed by atoms with E-state index in [9.17, 15) is 9.59 Å². The van der Waals surface area contributed by atoms with Crippen molar-refractivity contribution in [2.75, 3.05) is 6.61 Å². The molecule has 6 heteroatoms. The van der Waals surface area contributed by atoms with E-state index in [2.05, 4.69) is 42.4 Å². The molecule has 23 heavy (non-hydrogen) atoms. The number of carbonyl (C=O) groups is 1. The highest BCUT2D eigenvalue weighted by Gasteiger charge is 2.19. The smallest absolute Gasteiger partial charge is 0.264 e. The van der Waals surface area contributed by atoms with Crippen LogP contribution in [0.2, 0.25) is 0 Å². The molecule has 0 saturated heterocycles. The van der Waals surface area contributed by atoms with E-state index in [1.54, 1.807) is 0 Å². The molecule has 0 aliphatic rings. The Morgan fingerprint density at radius 2 is 1.96 bits per heavy atom. The number of ether oxygens (including phenoxy) is 1. The first-order valence-corrected chi connectivity index (χ1v) is 7.53. The number of nitrogens with one attached hydrogen (secondary N) is 3. The van der Waals surface area contributed by atoms with Crippen molar-refractivity contribution in [3.63, 3.8) is 0 Å². The van der Waals surface area contributed by atoms with E-state index < -0.39 is 0 Å². The quantitative estimate of drug-likeness (QED) is 0.788. The first-order valence-electron chi connectivity index (χ1n) is 7.53. The van der Waals surface area contributed by atoms with Crippen LogP contribution in [0.1, 0.15) is 37.6 Å². The van der Waals surface area contributed by atoms with Crippen LogP contribution in [0.4, 0.5) is 0 Å². The molecule has 0 aliphatic carbocycles. The lowest BCUT2D eigenvalue weighted by atomic mass is 9.85. The van der Waals surface area contributed by atoms with Crippen molar-refractivity contribution in [1.29, 1.82) is 0 Å². The molecule has 2 aromatic rings. The SMILES string of the molecule is Cc1ccc(OCC(=O)NCc2cc(=O)[nH][nH]2)c(C(C)(C)C)c1. The molecule has 0 atom stereocenters. The van der Waals surface area contributed by atoms with Gasteiger partial charge >= 0.3 is 0 Å². The second-order valence-corrected chi connectivity index (χ2v) is 6.60. The van der Waals surface area contributed by atoms with E-state index in [1.165, 1.54) is 6.07 Å². The summed E-state index contributed by atoms with van der Waals surface area (Å²) in [5, 5.41) is 7.79. The minimum atomic E-state index is -0.243. The number of benzene rings is 1. The molecule has 0 unspecified atom stereocenters. The number of rotatable bonds is 5. The number of hydrogen-bond donors (Lipinski definition) is 3. The molecular formula is C17H23N3O3. The standard InChI is InChI=1S/C17H23N3O3/c1-11-5-6-14(13(7-11)17(2,3)4)23-10-16(22)18-9-12-8-15(21)20-19-12/h5-8H,9-10H2,1-4H3,(H,18,22)(H2,19,20,21).